The van der Waals surface area contributed by atoms with Crippen LogP contribution in [0.3, 0.4) is 0 Å². The number of rotatable bonds is 3. The number of pyridine rings is 1. The average Bonchev–Trinajstić information content (AvgIpc) is 3.27. The number of hydrogen-bond acceptors (Lipinski definition) is 8. The second-order valence-electron chi connectivity index (χ2n) is 6.81. The van der Waals surface area contributed by atoms with Crippen LogP contribution < -0.4 is 20.9 Å². The van der Waals surface area contributed by atoms with Gasteiger partial charge in [0.25, 0.3) is 5.56 Å². The van der Waals surface area contributed by atoms with E-state index >= 15 is 0 Å². The molecule has 0 atom stereocenters. The molecule has 8 nitrogen and oxygen atoms in total. The summed E-state index contributed by atoms with van der Waals surface area (Å²) in [5.74, 6) is 1.69. The van der Waals surface area contributed by atoms with E-state index < -0.39 is 0 Å². The molecule has 0 unspecified atom stereocenters. The minimum absolute atomic E-state index is 0.195. The van der Waals surface area contributed by atoms with Gasteiger partial charge in [0.1, 0.15) is 16.6 Å². The van der Waals surface area contributed by atoms with Crippen LogP contribution in [-0.4, -0.2) is 33.6 Å². The molecule has 1 aliphatic heterocycles. The summed E-state index contributed by atoms with van der Waals surface area (Å²) in [6.07, 6.45) is 2.46. The molecule has 146 valence electrons. The molecule has 0 spiro atoms. The number of nitrogens with one attached hydrogen (secondary N) is 1. The zero-order valence-electron chi connectivity index (χ0n) is 15.7. The van der Waals surface area contributed by atoms with Crippen LogP contribution in [0.4, 0.5) is 11.8 Å². The molecular weight excluding hydrogens is 388 g/mol. The topological polar surface area (TPSA) is 110 Å². The number of hydrogen-bond donors (Lipinski definition) is 2. The molecular formula is C20H18N6O2S. The summed E-state index contributed by atoms with van der Waals surface area (Å²) in [6, 6.07) is 7.38. The van der Waals surface area contributed by atoms with Gasteiger partial charge >= 0.3 is 0 Å². The van der Waals surface area contributed by atoms with Crippen molar-refractivity contribution in [1.29, 1.82) is 0 Å². The molecule has 0 aliphatic carbocycles. The molecule has 0 bridgehead atoms. The average molecular weight is 406 g/mol. The van der Waals surface area contributed by atoms with Crippen molar-refractivity contribution >= 4 is 34.0 Å². The van der Waals surface area contributed by atoms with Crippen LogP contribution in [0.5, 0.6) is 5.75 Å². The molecule has 0 fully saturated rings. The van der Waals surface area contributed by atoms with Crippen LogP contribution in [0.2, 0.25) is 0 Å². The first kappa shape index (κ1) is 17.6. The molecule has 4 aromatic rings. The van der Waals surface area contributed by atoms with E-state index in [1.54, 1.807) is 25.4 Å². The monoisotopic (exact) mass is 406 g/mol. The van der Waals surface area contributed by atoms with E-state index in [-0.39, 0.29) is 5.56 Å². The van der Waals surface area contributed by atoms with Crippen LogP contribution in [0.25, 0.3) is 21.5 Å². The Hall–Kier alpha value is -3.46. The number of fused-ring (bicyclic) bond motifs is 2. The maximum absolute atomic E-state index is 13.0. The Bertz CT molecular complexity index is 1270. The third kappa shape index (κ3) is 3.09. The number of aromatic amines is 1. The molecule has 0 radical (unpaired) electrons. The Balaban J connectivity index is 1.62. The third-order valence-corrected chi connectivity index (χ3v) is 5.84. The molecule has 1 aliphatic rings. The maximum Gasteiger partial charge on any atom is 0.260 e. The van der Waals surface area contributed by atoms with Crippen molar-refractivity contribution in [2.45, 2.75) is 13.0 Å². The SMILES string of the molecule is COc1cc(-c2nccs2)c2c(=O)[nH]c(N3CCc4nc(N)ccc4C3)nc2c1. The van der Waals surface area contributed by atoms with Gasteiger partial charge in [0.15, 0.2) is 0 Å². The van der Waals surface area contributed by atoms with Gasteiger partial charge in [-0.05, 0) is 17.7 Å². The highest BCUT2D eigenvalue weighted by atomic mass is 32.1. The number of nitrogens with two attached hydrogens (primary N) is 1. The van der Waals surface area contributed by atoms with E-state index in [9.17, 15) is 4.79 Å². The van der Waals surface area contributed by atoms with E-state index in [1.807, 2.05) is 22.4 Å². The van der Waals surface area contributed by atoms with E-state index in [0.717, 1.165) is 28.2 Å². The lowest BCUT2D eigenvalue weighted by Gasteiger charge is -2.28. The fourth-order valence-corrected chi connectivity index (χ4v) is 4.30. The van der Waals surface area contributed by atoms with Crippen molar-refractivity contribution in [3.8, 4) is 16.3 Å². The minimum atomic E-state index is -0.195. The van der Waals surface area contributed by atoms with Gasteiger partial charge in [-0.25, -0.2) is 15.0 Å². The summed E-state index contributed by atoms with van der Waals surface area (Å²) in [7, 11) is 1.60. The Morgan fingerprint density at radius 2 is 2.17 bits per heavy atom. The number of H-pyrrole nitrogens is 1. The van der Waals surface area contributed by atoms with Gasteiger partial charge < -0.3 is 15.4 Å². The lowest BCUT2D eigenvalue weighted by Crippen LogP contribution is -2.33. The van der Waals surface area contributed by atoms with E-state index in [2.05, 4.69) is 15.0 Å². The summed E-state index contributed by atoms with van der Waals surface area (Å²) in [4.78, 5) is 31.5. The smallest absolute Gasteiger partial charge is 0.260 e. The van der Waals surface area contributed by atoms with Crippen molar-refractivity contribution < 1.29 is 4.74 Å². The number of nitrogens with zero attached hydrogens (tertiary/aromatic N) is 4. The Morgan fingerprint density at radius 3 is 2.97 bits per heavy atom. The third-order valence-electron chi connectivity index (χ3n) is 5.04. The molecule has 9 heteroatoms. The van der Waals surface area contributed by atoms with E-state index in [1.165, 1.54) is 11.3 Å². The van der Waals surface area contributed by atoms with Crippen molar-refractivity contribution in [2.24, 2.45) is 0 Å². The van der Waals surface area contributed by atoms with Crippen LogP contribution in [-0.2, 0) is 13.0 Å². The van der Waals surface area contributed by atoms with Crippen molar-refractivity contribution in [2.75, 3.05) is 24.3 Å². The summed E-state index contributed by atoms with van der Waals surface area (Å²) in [5, 5.41) is 3.14. The fraction of sp³-hybridized carbons (Fsp3) is 0.200. The predicted octanol–water partition coefficient (Wildman–Crippen LogP) is 2.60. The number of benzene rings is 1. The first-order chi connectivity index (χ1) is 14.1. The number of aromatic nitrogens is 4. The number of nitrogen functional groups attached to an aromatic ring is 1. The highest BCUT2D eigenvalue weighted by Gasteiger charge is 2.21. The van der Waals surface area contributed by atoms with Gasteiger partial charge in [0.2, 0.25) is 5.95 Å². The summed E-state index contributed by atoms with van der Waals surface area (Å²) >= 11 is 1.47. The highest BCUT2D eigenvalue weighted by Crippen LogP contribution is 2.32. The van der Waals surface area contributed by atoms with Gasteiger partial charge in [-0.15, -0.1) is 11.3 Å². The quantitative estimate of drug-likeness (QED) is 0.538. The minimum Gasteiger partial charge on any atom is -0.497 e. The maximum atomic E-state index is 13.0. The van der Waals surface area contributed by atoms with Crippen LogP contribution in [0.1, 0.15) is 11.3 Å². The number of thiazole rings is 1. The number of ether oxygens (including phenoxy) is 1. The van der Waals surface area contributed by atoms with Crippen molar-refractivity contribution in [1.82, 2.24) is 19.9 Å². The van der Waals surface area contributed by atoms with Crippen LogP contribution in [0.15, 0.2) is 40.6 Å². The number of methoxy groups -OCH3 is 1. The van der Waals surface area contributed by atoms with Crippen LogP contribution >= 0.6 is 11.3 Å². The lowest BCUT2D eigenvalue weighted by atomic mass is 10.1. The highest BCUT2D eigenvalue weighted by molar-refractivity contribution is 7.13. The van der Waals surface area contributed by atoms with Gasteiger partial charge in [0, 0.05) is 48.4 Å². The normalized spacial score (nSPS) is 13.5. The predicted molar refractivity (Wildman–Crippen MR) is 113 cm³/mol. The number of anilines is 2. The fourth-order valence-electron chi connectivity index (χ4n) is 3.64. The summed E-state index contributed by atoms with van der Waals surface area (Å²) < 4.78 is 5.43. The Kier molecular flexibility index (Phi) is 4.17. The van der Waals surface area contributed by atoms with Gasteiger partial charge in [-0.1, -0.05) is 6.07 Å². The zero-order valence-corrected chi connectivity index (χ0v) is 16.5. The Labute approximate surface area is 170 Å². The molecule has 4 heterocycles. The van der Waals surface area contributed by atoms with E-state index in [4.69, 9.17) is 15.5 Å². The van der Waals surface area contributed by atoms with Gasteiger partial charge in [-0.3, -0.25) is 9.78 Å². The first-order valence-electron chi connectivity index (χ1n) is 9.13. The molecule has 3 aromatic heterocycles. The van der Waals surface area contributed by atoms with Gasteiger partial charge in [-0.2, -0.15) is 0 Å². The molecule has 29 heavy (non-hydrogen) atoms. The van der Waals surface area contributed by atoms with Crippen molar-refractivity contribution in [3.63, 3.8) is 0 Å². The zero-order chi connectivity index (χ0) is 20.0. The molecule has 1 aromatic carbocycles. The standard InChI is InChI=1S/C20H18N6O2S/c1-28-12-8-13(19-22-5-7-29-19)17-15(9-12)24-20(25-18(17)27)26-6-4-14-11(10-26)2-3-16(21)23-14/h2-3,5,7-9H,4,6,10H2,1H3,(H2,21,23)(H,24,25,27). The molecule has 0 saturated heterocycles. The molecule has 0 amide bonds. The second kappa shape index (κ2) is 6.85. The van der Waals surface area contributed by atoms with Crippen molar-refractivity contribution in [3.05, 3.63) is 57.5 Å². The lowest BCUT2D eigenvalue weighted by molar-refractivity contribution is 0.415. The second-order valence-corrected chi connectivity index (χ2v) is 7.70. The van der Waals surface area contributed by atoms with Gasteiger partial charge in [0.05, 0.1) is 18.0 Å². The summed E-state index contributed by atoms with van der Waals surface area (Å²) in [6.45, 7) is 1.31. The summed E-state index contributed by atoms with van der Waals surface area (Å²) in [5.41, 5.74) is 8.98. The first-order valence-corrected chi connectivity index (χ1v) is 10.0. The Morgan fingerprint density at radius 1 is 1.28 bits per heavy atom. The van der Waals surface area contributed by atoms with Crippen LogP contribution in [0, 0.1) is 0 Å². The molecule has 3 N–H and O–H groups in total. The van der Waals surface area contributed by atoms with E-state index in [0.29, 0.717) is 41.5 Å². The largest absolute Gasteiger partial charge is 0.497 e. The molecule has 0 saturated carbocycles. The molecule has 5 rings (SSSR count).